The molecule has 1 aromatic carbocycles. The maximum atomic E-state index is 12.2. The average Bonchev–Trinajstić information content (AvgIpc) is 3.21. The second-order valence-electron chi connectivity index (χ2n) is 6.02. The van der Waals surface area contributed by atoms with Crippen LogP contribution in [0.25, 0.3) is 11.4 Å². The van der Waals surface area contributed by atoms with Gasteiger partial charge in [-0.05, 0) is 38.0 Å². The van der Waals surface area contributed by atoms with E-state index in [1.165, 1.54) is 0 Å². The highest BCUT2D eigenvalue weighted by Crippen LogP contribution is 2.25. The number of carbonyl (C=O) groups excluding carboxylic acids is 1. The third-order valence-electron chi connectivity index (χ3n) is 4.18. The minimum Gasteiger partial charge on any atom is -0.321 e. The number of amides is 1. The number of carbonyl (C=O) groups is 1. The van der Waals surface area contributed by atoms with Crippen molar-refractivity contribution in [3.05, 3.63) is 47.5 Å². The average molecular weight is 322 g/mol. The highest BCUT2D eigenvalue weighted by molar-refractivity contribution is 6.03. The number of nitrogens with one attached hydrogen (secondary N) is 2. The fraction of sp³-hybridized carbons (Fsp3) is 0.294. The van der Waals surface area contributed by atoms with E-state index in [2.05, 4.69) is 30.3 Å². The summed E-state index contributed by atoms with van der Waals surface area (Å²) in [6, 6.07) is 9.39. The Morgan fingerprint density at radius 2 is 2.17 bits per heavy atom. The normalized spacial score (nSPS) is 13.5. The van der Waals surface area contributed by atoms with Gasteiger partial charge in [-0.3, -0.25) is 9.89 Å². The van der Waals surface area contributed by atoms with E-state index in [-0.39, 0.29) is 5.91 Å². The predicted molar refractivity (Wildman–Crippen MR) is 89.7 cm³/mol. The second-order valence-corrected chi connectivity index (χ2v) is 6.02. The highest BCUT2D eigenvalue weighted by atomic mass is 16.1. The van der Waals surface area contributed by atoms with Crippen LogP contribution in [0.1, 0.15) is 34.8 Å². The van der Waals surface area contributed by atoms with Gasteiger partial charge < -0.3 is 9.88 Å². The van der Waals surface area contributed by atoms with Crippen molar-refractivity contribution in [1.82, 2.24) is 25.0 Å². The minimum absolute atomic E-state index is 0.236. The van der Waals surface area contributed by atoms with Gasteiger partial charge in [0.25, 0.3) is 5.91 Å². The molecular formula is C17H18N6O. The van der Waals surface area contributed by atoms with Crippen molar-refractivity contribution in [2.75, 3.05) is 5.32 Å². The zero-order chi connectivity index (χ0) is 16.5. The molecular weight excluding hydrogens is 304 g/mol. The highest BCUT2D eigenvalue weighted by Gasteiger charge is 2.17. The molecule has 24 heavy (non-hydrogen) atoms. The van der Waals surface area contributed by atoms with Crippen molar-refractivity contribution in [3.8, 4) is 11.4 Å². The molecule has 0 bridgehead atoms. The molecule has 1 aliphatic heterocycles. The fourth-order valence-corrected chi connectivity index (χ4v) is 2.99. The van der Waals surface area contributed by atoms with E-state index in [1.807, 2.05) is 31.2 Å². The van der Waals surface area contributed by atoms with Crippen LogP contribution >= 0.6 is 0 Å². The molecule has 1 amide bonds. The summed E-state index contributed by atoms with van der Waals surface area (Å²) in [6.45, 7) is 2.81. The Morgan fingerprint density at radius 3 is 3.00 bits per heavy atom. The van der Waals surface area contributed by atoms with Gasteiger partial charge in [-0.2, -0.15) is 5.10 Å². The Kier molecular flexibility index (Phi) is 3.60. The monoisotopic (exact) mass is 322 g/mol. The van der Waals surface area contributed by atoms with E-state index >= 15 is 0 Å². The Bertz CT molecular complexity index is 894. The smallest absolute Gasteiger partial charge is 0.276 e. The van der Waals surface area contributed by atoms with E-state index in [4.69, 9.17) is 0 Å². The van der Waals surface area contributed by atoms with Gasteiger partial charge in [0.05, 0.1) is 0 Å². The number of aromatic amines is 1. The van der Waals surface area contributed by atoms with Gasteiger partial charge in [-0.1, -0.05) is 12.1 Å². The van der Waals surface area contributed by atoms with E-state index in [0.717, 1.165) is 48.7 Å². The van der Waals surface area contributed by atoms with Crippen molar-refractivity contribution < 1.29 is 4.79 Å². The minimum atomic E-state index is -0.236. The molecule has 4 rings (SSSR count). The molecule has 0 saturated carbocycles. The molecule has 0 atom stereocenters. The lowest BCUT2D eigenvalue weighted by atomic mass is 10.1. The third kappa shape index (κ3) is 2.68. The van der Waals surface area contributed by atoms with Gasteiger partial charge in [0, 0.05) is 29.9 Å². The first-order valence-electron chi connectivity index (χ1n) is 8.06. The van der Waals surface area contributed by atoms with Gasteiger partial charge in [-0.15, -0.1) is 10.2 Å². The number of H-pyrrole nitrogens is 1. The Labute approximate surface area is 139 Å². The van der Waals surface area contributed by atoms with Crippen LogP contribution in [-0.2, 0) is 13.0 Å². The molecule has 2 aromatic heterocycles. The summed E-state index contributed by atoms with van der Waals surface area (Å²) in [6.07, 6.45) is 3.28. The van der Waals surface area contributed by atoms with Crippen LogP contribution in [0.5, 0.6) is 0 Å². The van der Waals surface area contributed by atoms with Crippen molar-refractivity contribution in [2.24, 2.45) is 0 Å². The van der Waals surface area contributed by atoms with Crippen LogP contribution in [-0.4, -0.2) is 30.9 Å². The molecule has 7 heteroatoms. The zero-order valence-electron chi connectivity index (χ0n) is 13.4. The SMILES string of the molecule is Cc1cc(C(=O)Nc2cccc(-c3nnc4n3CCCC4)c2)n[nH]1. The van der Waals surface area contributed by atoms with Gasteiger partial charge in [0.15, 0.2) is 11.5 Å². The molecule has 122 valence electrons. The largest absolute Gasteiger partial charge is 0.321 e. The molecule has 3 aromatic rings. The molecule has 0 spiro atoms. The zero-order valence-corrected chi connectivity index (χ0v) is 13.4. The lowest BCUT2D eigenvalue weighted by Crippen LogP contribution is -2.13. The van der Waals surface area contributed by atoms with E-state index < -0.39 is 0 Å². The molecule has 0 fully saturated rings. The van der Waals surface area contributed by atoms with E-state index in [1.54, 1.807) is 6.07 Å². The Hall–Kier alpha value is -2.96. The van der Waals surface area contributed by atoms with Crippen LogP contribution in [0.4, 0.5) is 5.69 Å². The molecule has 7 nitrogen and oxygen atoms in total. The predicted octanol–water partition coefficient (Wildman–Crippen LogP) is 2.57. The standard InChI is InChI=1S/C17H18N6O/c1-11-9-14(20-19-11)17(24)18-13-6-4-5-12(10-13)16-22-21-15-7-2-3-8-23(15)16/h4-6,9-10H,2-3,7-8H2,1H3,(H,18,24)(H,19,20). The van der Waals surface area contributed by atoms with Crippen molar-refractivity contribution in [1.29, 1.82) is 0 Å². The van der Waals surface area contributed by atoms with Crippen LogP contribution in [0.3, 0.4) is 0 Å². The summed E-state index contributed by atoms with van der Waals surface area (Å²) in [7, 11) is 0. The van der Waals surface area contributed by atoms with Gasteiger partial charge in [0.1, 0.15) is 5.82 Å². The lowest BCUT2D eigenvalue weighted by Gasteiger charge is -2.15. The summed E-state index contributed by atoms with van der Waals surface area (Å²) < 4.78 is 2.17. The maximum absolute atomic E-state index is 12.2. The number of hydrogen-bond acceptors (Lipinski definition) is 4. The number of nitrogens with zero attached hydrogens (tertiary/aromatic N) is 4. The molecule has 0 aliphatic carbocycles. The van der Waals surface area contributed by atoms with Crippen LogP contribution in [0.15, 0.2) is 30.3 Å². The molecule has 0 radical (unpaired) electrons. The quantitative estimate of drug-likeness (QED) is 0.775. The number of hydrogen-bond donors (Lipinski definition) is 2. The van der Waals surface area contributed by atoms with Crippen LogP contribution < -0.4 is 5.32 Å². The summed E-state index contributed by atoms with van der Waals surface area (Å²) >= 11 is 0. The van der Waals surface area contributed by atoms with Crippen molar-refractivity contribution in [3.63, 3.8) is 0 Å². The van der Waals surface area contributed by atoms with Crippen molar-refractivity contribution >= 4 is 11.6 Å². The number of benzene rings is 1. The maximum Gasteiger partial charge on any atom is 0.276 e. The summed E-state index contributed by atoms with van der Waals surface area (Å²) in [5, 5.41) is 18.2. The third-order valence-corrected chi connectivity index (χ3v) is 4.18. The number of anilines is 1. The molecule has 2 N–H and O–H groups in total. The topological polar surface area (TPSA) is 88.5 Å². The number of rotatable bonds is 3. The van der Waals surface area contributed by atoms with Gasteiger partial charge >= 0.3 is 0 Å². The fourth-order valence-electron chi connectivity index (χ4n) is 2.99. The van der Waals surface area contributed by atoms with Crippen LogP contribution in [0.2, 0.25) is 0 Å². The summed E-state index contributed by atoms with van der Waals surface area (Å²) in [4.78, 5) is 12.2. The summed E-state index contributed by atoms with van der Waals surface area (Å²) in [5.41, 5.74) is 2.89. The first-order chi connectivity index (χ1) is 11.7. The number of fused-ring (bicyclic) bond motifs is 1. The second kappa shape index (κ2) is 5.92. The lowest BCUT2D eigenvalue weighted by molar-refractivity contribution is 0.102. The molecule has 0 unspecified atom stereocenters. The Balaban J connectivity index is 1.60. The molecule has 1 aliphatic rings. The summed E-state index contributed by atoms with van der Waals surface area (Å²) in [5.74, 6) is 1.66. The first-order valence-corrected chi connectivity index (χ1v) is 8.06. The number of aromatic nitrogens is 5. The van der Waals surface area contributed by atoms with E-state index in [0.29, 0.717) is 11.4 Å². The van der Waals surface area contributed by atoms with Gasteiger partial charge in [-0.25, -0.2) is 0 Å². The van der Waals surface area contributed by atoms with Gasteiger partial charge in [0.2, 0.25) is 0 Å². The van der Waals surface area contributed by atoms with E-state index in [9.17, 15) is 4.79 Å². The van der Waals surface area contributed by atoms with Crippen molar-refractivity contribution in [2.45, 2.75) is 32.7 Å². The molecule has 3 heterocycles. The molecule has 0 saturated heterocycles. The Morgan fingerprint density at radius 1 is 1.25 bits per heavy atom. The van der Waals surface area contributed by atoms with Crippen LogP contribution in [0, 0.1) is 6.92 Å². The first kappa shape index (κ1) is 14.6. The number of aryl methyl sites for hydroxylation is 2.